The summed E-state index contributed by atoms with van der Waals surface area (Å²) in [6.45, 7) is 1.75. The van der Waals surface area contributed by atoms with Gasteiger partial charge in [-0.15, -0.1) is 0 Å². The molecule has 3 rings (SSSR count). The van der Waals surface area contributed by atoms with Crippen LogP contribution in [0.3, 0.4) is 0 Å². The number of carbonyl (C=O) groups is 1. The molecule has 2 N–H and O–H groups in total. The molecule has 0 aliphatic carbocycles. The minimum absolute atomic E-state index is 0.0224. The lowest BCUT2D eigenvalue weighted by atomic mass is 9.97. The van der Waals surface area contributed by atoms with E-state index in [1.54, 1.807) is 43.3 Å². The zero-order chi connectivity index (χ0) is 16.6. The average Bonchev–Trinajstić information content (AvgIpc) is 2.83. The van der Waals surface area contributed by atoms with E-state index < -0.39 is 11.6 Å². The summed E-state index contributed by atoms with van der Waals surface area (Å²) in [6.07, 6.45) is 0.208. The second-order valence-electron chi connectivity index (χ2n) is 5.50. The van der Waals surface area contributed by atoms with E-state index in [2.05, 4.69) is 5.10 Å². The van der Waals surface area contributed by atoms with Gasteiger partial charge in [0.1, 0.15) is 5.75 Å². The smallest absolute Gasteiger partial charge is 0.277 e. The summed E-state index contributed by atoms with van der Waals surface area (Å²) in [7, 11) is 0. The first-order valence-electron chi connectivity index (χ1n) is 7.06. The van der Waals surface area contributed by atoms with Crippen LogP contribution in [0.15, 0.2) is 53.6 Å². The number of rotatable bonds is 2. The van der Waals surface area contributed by atoms with E-state index in [0.29, 0.717) is 16.3 Å². The molecule has 1 amide bonds. The predicted molar refractivity (Wildman–Crippen MR) is 87.4 cm³/mol. The number of phenols is 1. The first-order chi connectivity index (χ1) is 10.9. The molecular weight excluding hydrogens is 316 g/mol. The van der Waals surface area contributed by atoms with Crippen LogP contribution < -0.4 is 0 Å². The van der Waals surface area contributed by atoms with Gasteiger partial charge in [-0.2, -0.15) is 10.1 Å². The topological polar surface area (TPSA) is 73.1 Å². The zero-order valence-electron chi connectivity index (χ0n) is 12.4. The molecule has 0 aromatic heterocycles. The molecular formula is C17H15ClN2O3. The average molecular weight is 331 g/mol. The Bertz CT molecular complexity index is 789. The number of nitrogens with zero attached hydrogens (tertiary/aromatic N) is 2. The second-order valence-corrected chi connectivity index (χ2v) is 5.94. The fraction of sp³-hybridized carbons (Fsp3) is 0.176. The molecule has 1 atom stereocenters. The molecule has 0 radical (unpaired) electrons. The molecule has 5 nitrogen and oxygen atoms in total. The van der Waals surface area contributed by atoms with Gasteiger partial charge in [-0.05, 0) is 37.3 Å². The summed E-state index contributed by atoms with van der Waals surface area (Å²) >= 11 is 5.89. The van der Waals surface area contributed by atoms with Gasteiger partial charge in [0, 0.05) is 28.3 Å². The minimum atomic E-state index is -1.57. The fourth-order valence-electron chi connectivity index (χ4n) is 2.64. The monoisotopic (exact) mass is 330 g/mol. The number of hydrogen-bond donors (Lipinski definition) is 2. The molecule has 1 heterocycles. The number of hydrogen-bond acceptors (Lipinski definition) is 4. The standard InChI is InChI=1S/C17H15ClN2O3/c1-11-10-17(23,13-5-7-14(18)8-6-13)20(19-11)16(22)12-3-2-4-15(21)9-12/h2-9,21,23H,10H2,1H3/t17-/m1/s1. The predicted octanol–water partition coefficient (Wildman–Crippen LogP) is 3.11. The van der Waals surface area contributed by atoms with Gasteiger partial charge in [0.15, 0.2) is 5.72 Å². The normalized spacial score (nSPS) is 20.5. The Morgan fingerprint density at radius 1 is 1.26 bits per heavy atom. The molecule has 0 fully saturated rings. The van der Waals surface area contributed by atoms with Crippen molar-refractivity contribution in [2.45, 2.75) is 19.1 Å². The van der Waals surface area contributed by atoms with Gasteiger partial charge in [0.25, 0.3) is 5.91 Å². The maximum absolute atomic E-state index is 12.7. The first-order valence-corrected chi connectivity index (χ1v) is 7.44. The number of hydrazone groups is 1. The lowest BCUT2D eigenvalue weighted by molar-refractivity contribution is -0.0765. The van der Waals surface area contributed by atoms with Gasteiger partial charge < -0.3 is 10.2 Å². The fourth-order valence-corrected chi connectivity index (χ4v) is 2.76. The lowest BCUT2D eigenvalue weighted by Crippen LogP contribution is -2.43. The van der Waals surface area contributed by atoms with Gasteiger partial charge in [-0.3, -0.25) is 4.79 Å². The van der Waals surface area contributed by atoms with E-state index in [1.165, 1.54) is 12.1 Å². The molecule has 1 aliphatic heterocycles. The van der Waals surface area contributed by atoms with Crippen molar-refractivity contribution >= 4 is 23.2 Å². The summed E-state index contributed by atoms with van der Waals surface area (Å²) in [4.78, 5) is 12.7. The Hall–Kier alpha value is -2.37. The van der Waals surface area contributed by atoms with Crippen LogP contribution in [0, 0.1) is 0 Å². The molecule has 118 valence electrons. The minimum Gasteiger partial charge on any atom is -0.508 e. The van der Waals surface area contributed by atoms with E-state index >= 15 is 0 Å². The highest BCUT2D eigenvalue weighted by molar-refractivity contribution is 6.30. The van der Waals surface area contributed by atoms with Crippen molar-refractivity contribution in [1.29, 1.82) is 0 Å². The molecule has 2 aromatic carbocycles. The van der Waals surface area contributed by atoms with Crippen molar-refractivity contribution in [3.8, 4) is 5.75 Å². The zero-order valence-corrected chi connectivity index (χ0v) is 13.2. The highest BCUT2D eigenvalue weighted by atomic mass is 35.5. The van der Waals surface area contributed by atoms with Crippen molar-refractivity contribution in [2.75, 3.05) is 0 Å². The van der Waals surface area contributed by atoms with E-state index in [1.807, 2.05) is 0 Å². The van der Waals surface area contributed by atoms with Crippen LogP contribution >= 0.6 is 11.6 Å². The van der Waals surface area contributed by atoms with Gasteiger partial charge >= 0.3 is 0 Å². The number of phenolic OH excluding ortho intramolecular Hbond substituents is 1. The van der Waals surface area contributed by atoms with E-state index in [4.69, 9.17) is 11.6 Å². The largest absolute Gasteiger partial charge is 0.508 e. The van der Waals surface area contributed by atoms with Crippen molar-refractivity contribution < 1.29 is 15.0 Å². The molecule has 0 saturated heterocycles. The summed E-state index contributed by atoms with van der Waals surface area (Å²) in [5.41, 5.74) is -0.167. The Kier molecular flexibility index (Phi) is 3.83. The number of benzene rings is 2. The van der Waals surface area contributed by atoms with Gasteiger partial charge in [0.05, 0.1) is 0 Å². The summed E-state index contributed by atoms with van der Waals surface area (Å²) in [5, 5.41) is 26.4. The van der Waals surface area contributed by atoms with E-state index in [0.717, 1.165) is 5.01 Å². The Morgan fingerprint density at radius 2 is 1.96 bits per heavy atom. The lowest BCUT2D eigenvalue weighted by Gasteiger charge is -2.31. The van der Waals surface area contributed by atoms with Crippen molar-refractivity contribution in [3.63, 3.8) is 0 Å². The van der Waals surface area contributed by atoms with Gasteiger partial charge in [-0.25, -0.2) is 0 Å². The Labute approximate surface area is 138 Å². The van der Waals surface area contributed by atoms with Crippen molar-refractivity contribution in [2.24, 2.45) is 5.10 Å². The number of aliphatic hydroxyl groups is 1. The summed E-state index contributed by atoms with van der Waals surface area (Å²) in [5.74, 6) is -0.513. The maximum atomic E-state index is 12.7. The van der Waals surface area contributed by atoms with Crippen molar-refractivity contribution in [3.05, 3.63) is 64.7 Å². The molecule has 0 unspecified atom stereocenters. The Balaban J connectivity index is 2.01. The van der Waals surface area contributed by atoms with Crippen LogP contribution in [0.2, 0.25) is 5.02 Å². The molecule has 23 heavy (non-hydrogen) atoms. The summed E-state index contributed by atoms with van der Waals surface area (Å²) in [6, 6.07) is 12.6. The third-order valence-electron chi connectivity index (χ3n) is 3.72. The molecule has 0 bridgehead atoms. The number of carbonyl (C=O) groups excluding carboxylic acids is 1. The highest BCUT2D eigenvalue weighted by Gasteiger charge is 2.45. The van der Waals surface area contributed by atoms with E-state index in [9.17, 15) is 15.0 Å². The SMILES string of the molecule is CC1=NN(C(=O)c2cccc(O)c2)[C@](O)(c2ccc(Cl)cc2)C1. The third-order valence-corrected chi connectivity index (χ3v) is 3.97. The molecule has 2 aromatic rings. The van der Waals surface area contributed by atoms with Crippen LogP contribution in [0.4, 0.5) is 0 Å². The van der Waals surface area contributed by atoms with E-state index in [-0.39, 0.29) is 17.7 Å². The molecule has 1 aliphatic rings. The van der Waals surface area contributed by atoms with Crippen molar-refractivity contribution in [1.82, 2.24) is 5.01 Å². The third kappa shape index (κ3) is 2.81. The number of amides is 1. The van der Waals surface area contributed by atoms with Crippen LogP contribution in [0.25, 0.3) is 0 Å². The quantitative estimate of drug-likeness (QED) is 0.888. The van der Waals surface area contributed by atoms with Gasteiger partial charge in [0.2, 0.25) is 0 Å². The highest BCUT2D eigenvalue weighted by Crippen LogP contribution is 2.37. The first kappa shape index (κ1) is 15.5. The second kappa shape index (κ2) is 5.68. The van der Waals surface area contributed by atoms with Crippen LogP contribution in [0.1, 0.15) is 29.3 Å². The number of aromatic hydroxyl groups is 1. The molecule has 0 saturated carbocycles. The maximum Gasteiger partial charge on any atom is 0.277 e. The Morgan fingerprint density at radius 3 is 2.61 bits per heavy atom. The van der Waals surface area contributed by atoms with Crippen LogP contribution in [-0.4, -0.2) is 26.8 Å². The van der Waals surface area contributed by atoms with Crippen LogP contribution in [-0.2, 0) is 5.72 Å². The number of halogens is 1. The van der Waals surface area contributed by atoms with Gasteiger partial charge in [-0.1, -0.05) is 29.8 Å². The van der Waals surface area contributed by atoms with Crippen LogP contribution in [0.5, 0.6) is 5.75 Å². The molecule has 0 spiro atoms. The summed E-state index contributed by atoms with van der Waals surface area (Å²) < 4.78 is 0. The molecule has 6 heteroatoms.